The van der Waals surface area contributed by atoms with Crippen LogP contribution in [0.2, 0.25) is 0 Å². The number of benzene rings is 16. The second-order valence-electron chi connectivity index (χ2n) is 26.5. The third-order valence-electron chi connectivity index (χ3n) is 20.9. The Labute approximate surface area is 568 Å². The van der Waals surface area contributed by atoms with E-state index < -0.39 is 5.41 Å². The Balaban J connectivity index is 0.000000140. The summed E-state index contributed by atoms with van der Waals surface area (Å²) in [6.07, 6.45) is 0. The summed E-state index contributed by atoms with van der Waals surface area (Å²) in [7, 11) is 0. The largest absolute Gasteiger partial charge is 0.436 e. The average molecular weight is 1250 g/mol. The van der Waals surface area contributed by atoms with Crippen LogP contribution >= 0.6 is 0 Å². The summed E-state index contributed by atoms with van der Waals surface area (Å²) < 4.78 is 12.2. The predicted octanol–water partition coefficient (Wildman–Crippen LogP) is 24.9. The fourth-order valence-corrected chi connectivity index (χ4v) is 16.5. The van der Waals surface area contributed by atoms with Crippen LogP contribution in [-0.4, -0.2) is 9.97 Å². The maximum absolute atomic E-state index is 6.12. The molecule has 16 aromatic carbocycles. The molecule has 18 aromatic rings. The Morgan fingerprint density at radius 2 is 0.531 bits per heavy atom. The highest BCUT2D eigenvalue weighted by atomic mass is 16.4. The van der Waals surface area contributed by atoms with E-state index in [1.165, 1.54) is 138 Å². The quantitative estimate of drug-likeness (QED) is 0.142. The minimum Gasteiger partial charge on any atom is -0.436 e. The van der Waals surface area contributed by atoms with Crippen molar-refractivity contribution < 1.29 is 8.83 Å². The Morgan fingerprint density at radius 3 is 0.949 bits per heavy atom. The molecule has 0 aliphatic heterocycles. The molecule has 0 saturated carbocycles. The van der Waals surface area contributed by atoms with Gasteiger partial charge in [0.25, 0.3) is 0 Å². The molecule has 460 valence electrons. The third kappa shape index (κ3) is 8.84. The molecular weight excluding hydrogens is 1190 g/mol. The maximum atomic E-state index is 6.12. The van der Waals surface area contributed by atoms with E-state index in [0.29, 0.717) is 11.8 Å². The van der Waals surface area contributed by atoms with Gasteiger partial charge in [-0.15, -0.1) is 0 Å². The first-order valence-corrected chi connectivity index (χ1v) is 33.8. The molecule has 20 rings (SSSR count). The molecule has 2 aliphatic rings. The number of nitrogens with zero attached hydrogens (tertiary/aromatic N) is 2. The number of oxazole rings is 2. The van der Waals surface area contributed by atoms with Crippen LogP contribution in [0, 0.1) is 0 Å². The van der Waals surface area contributed by atoms with Crippen LogP contribution in [0.3, 0.4) is 0 Å². The lowest BCUT2D eigenvalue weighted by atomic mass is 9.67. The van der Waals surface area contributed by atoms with Crippen molar-refractivity contribution in [3.8, 4) is 89.7 Å². The number of fused-ring (bicyclic) bond motifs is 12. The van der Waals surface area contributed by atoms with E-state index in [1.807, 2.05) is 48.5 Å². The summed E-state index contributed by atoms with van der Waals surface area (Å²) in [5.41, 5.74) is 27.8. The van der Waals surface area contributed by atoms with Crippen molar-refractivity contribution in [3.05, 3.63) is 373 Å². The monoisotopic (exact) mass is 1250 g/mol. The molecule has 0 spiro atoms. The molecule has 2 aliphatic carbocycles. The van der Waals surface area contributed by atoms with Crippen molar-refractivity contribution in [2.75, 3.05) is 0 Å². The van der Waals surface area contributed by atoms with Crippen molar-refractivity contribution in [2.24, 2.45) is 0 Å². The standard InChI is InChI=1S/C52H33NO.C42H29NO/c1-3-15-37(16-4-1)52(38-17-5-2-6-18-38)45-24-12-11-19-39(45)40-32-31-36(33-46(40)52)50-43-22-9-7-20-41(43)49(42-21-8-10-23-44(42)50)34-27-29-35(30-28-34)51-53-47-25-13-14-26-48(47)54-51;1-42(2)35-16-8-7-11-29(35)30-24-23-28(25-36(30)42)40-33-14-5-3-12-31(33)39(32-13-4-6-15-34(32)40)26-19-21-27(22-20-26)41-43-37-17-9-10-18-38(37)44-41/h1-33H;3-25H,1-2H3. The second-order valence-corrected chi connectivity index (χ2v) is 26.5. The van der Waals surface area contributed by atoms with Gasteiger partial charge < -0.3 is 8.83 Å². The summed E-state index contributed by atoms with van der Waals surface area (Å²) in [5.74, 6) is 1.28. The molecule has 98 heavy (non-hydrogen) atoms. The van der Waals surface area contributed by atoms with Gasteiger partial charge in [0.05, 0.1) is 5.41 Å². The van der Waals surface area contributed by atoms with E-state index in [-0.39, 0.29) is 5.41 Å². The lowest BCUT2D eigenvalue weighted by Crippen LogP contribution is -2.28. The minimum atomic E-state index is -0.466. The summed E-state index contributed by atoms with van der Waals surface area (Å²) >= 11 is 0. The first kappa shape index (κ1) is 57.0. The first-order chi connectivity index (χ1) is 48.4. The summed E-state index contributed by atoms with van der Waals surface area (Å²) in [4.78, 5) is 9.46. The van der Waals surface area contributed by atoms with Crippen LogP contribution in [0.5, 0.6) is 0 Å². The van der Waals surface area contributed by atoms with Crippen molar-refractivity contribution in [2.45, 2.75) is 24.7 Å². The molecule has 0 N–H and O–H groups in total. The van der Waals surface area contributed by atoms with Crippen LogP contribution in [0.25, 0.3) is 155 Å². The number of aromatic nitrogens is 2. The summed E-state index contributed by atoms with van der Waals surface area (Å²) in [6, 6.07) is 123. The number of rotatable bonds is 8. The molecule has 0 atom stereocenters. The van der Waals surface area contributed by atoms with Crippen LogP contribution in [-0.2, 0) is 10.8 Å². The van der Waals surface area contributed by atoms with E-state index in [1.54, 1.807) is 0 Å². The first-order valence-electron chi connectivity index (χ1n) is 33.8. The van der Waals surface area contributed by atoms with Crippen LogP contribution in [0.15, 0.2) is 349 Å². The van der Waals surface area contributed by atoms with Gasteiger partial charge in [-0.1, -0.05) is 293 Å². The molecule has 0 radical (unpaired) electrons. The number of hydrogen-bond acceptors (Lipinski definition) is 4. The Bertz CT molecular complexity index is 5980. The van der Waals surface area contributed by atoms with Gasteiger partial charge >= 0.3 is 0 Å². The minimum absolute atomic E-state index is 0.0517. The van der Waals surface area contributed by atoms with Gasteiger partial charge in [0, 0.05) is 16.5 Å². The highest BCUT2D eigenvalue weighted by Gasteiger charge is 2.46. The molecule has 0 saturated heterocycles. The fourth-order valence-electron chi connectivity index (χ4n) is 16.5. The SMILES string of the molecule is CC1(C)c2ccccc2-c2ccc(-c3c4ccccc4c(-c4ccc(-c5nc6ccccc6o5)cc4)c4ccccc34)cc21.c1ccc(C2(c3ccccc3)c3ccccc3-c3ccc(-c4c5ccccc5c(-c5ccc(-c6nc7ccccc7o6)cc5)c5ccccc45)cc32)cc1. The molecule has 2 heterocycles. The highest BCUT2D eigenvalue weighted by Crippen LogP contribution is 2.58. The second kappa shape index (κ2) is 22.6. The van der Waals surface area contributed by atoms with E-state index >= 15 is 0 Å². The van der Waals surface area contributed by atoms with Gasteiger partial charge in [0.2, 0.25) is 11.8 Å². The molecule has 0 fully saturated rings. The lowest BCUT2D eigenvalue weighted by Gasteiger charge is -2.34. The van der Waals surface area contributed by atoms with Crippen LogP contribution in [0.1, 0.15) is 47.2 Å². The van der Waals surface area contributed by atoms with Crippen LogP contribution < -0.4 is 0 Å². The van der Waals surface area contributed by atoms with Crippen LogP contribution in [0.4, 0.5) is 0 Å². The normalized spacial score (nSPS) is 13.2. The van der Waals surface area contributed by atoms with Gasteiger partial charge in [-0.2, -0.15) is 0 Å². The zero-order chi connectivity index (χ0) is 65.1. The maximum Gasteiger partial charge on any atom is 0.227 e. The van der Waals surface area contributed by atoms with E-state index in [2.05, 4.69) is 305 Å². The number of hydrogen-bond donors (Lipinski definition) is 0. The number of para-hydroxylation sites is 4. The highest BCUT2D eigenvalue weighted by molar-refractivity contribution is 6.23. The van der Waals surface area contributed by atoms with Gasteiger partial charge in [-0.25, -0.2) is 9.97 Å². The lowest BCUT2D eigenvalue weighted by molar-refractivity contribution is 0.619. The van der Waals surface area contributed by atoms with Gasteiger partial charge in [0.1, 0.15) is 11.0 Å². The Kier molecular flexibility index (Phi) is 13.1. The van der Waals surface area contributed by atoms with Gasteiger partial charge in [-0.05, 0) is 204 Å². The van der Waals surface area contributed by atoms with Crippen molar-refractivity contribution >= 4 is 65.3 Å². The van der Waals surface area contributed by atoms with Crippen molar-refractivity contribution in [1.82, 2.24) is 9.97 Å². The molecule has 0 bridgehead atoms. The van der Waals surface area contributed by atoms with Gasteiger partial charge in [0.15, 0.2) is 11.2 Å². The zero-order valence-corrected chi connectivity index (χ0v) is 54.0. The molecule has 4 nitrogen and oxygen atoms in total. The Morgan fingerprint density at radius 1 is 0.235 bits per heavy atom. The fraction of sp³-hybridized carbons (Fsp3) is 0.0426. The predicted molar refractivity (Wildman–Crippen MR) is 406 cm³/mol. The average Bonchev–Trinajstić information content (AvgIpc) is 1.51. The van der Waals surface area contributed by atoms with E-state index in [0.717, 1.165) is 38.9 Å². The van der Waals surface area contributed by atoms with Crippen molar-refractivity contribution in [1.29, 1.82) is 0 Å². The van der Waals surface area contributed by atoms with Gasteiger partial charge in [-0.3, -0.25) is 0 Å². The molecule has 2 aromatic heterocycles. The smallest absolute Gasteiger partial charge is 0.227 e. The van der Waals surface area contributed by atoms with Crippen molar-refractivity contribution in [3.63, 3.8) is 0 Å². The van der Waals surface area contributed by atoms with E-state index in [9.17, 15) is 0 Å². The molecule has 4 heteroatoms. The zero-order valence-electron chi connectivity index (χ0n) is 54.0. The third-order valence-corrected chi connectivity index (χ3v) is 20.9. The molecule has 0 amide bonds. The summed E-state index contributed by atoms with van der Waals surface area (Å²) in [6.45, 7) is 4.70. The Hall–Kier alpha value is -12.5. The molecule has 0 unspecified atom stereocenters. The van der Waals surface area contributed by atoms with E-state index in [4.69, 9.17) is 18.8 Å². The topological polar surface area (TPSA) is 52.1 Å². The molecular formula is C94H62N2O2. The summed E-state index contributed by atoms with van der Waals surface area (Å²) in [5, 5.41) is 9.93.